The summed E-state index contributed by atoms with van der Waals surface area (Å²) in [6.07, 6.45) is -0.686. The fourth-order valence-corrected chi connectivity index (χ4v) is 3.90. The Kier molecular flexibility index (Phi) is 5.94. The molecule has 0 unspecified atom stereocenters. The van der Waals surface area contributed by atoms with E-state index in [4.69, 9.17) is 4.74 Å². The Bertz CT molecular complexity index is 930. The number of amides is 1. The molecule has 1 aromatic heterocycles. The zero-order valence-corrected chi connectivity index (χ0v) is 16.6. The van der Waals surface area contributed by atoms with Crippen LogP contribution in [0, 0.1) is 0 Å². The van der Waals surface area contributed by atoms with E-state index in [0.717, 1.165) is 42.6 Å². The van der Waals surface area contributed by atoms with E-state index in [9.17, 15) is 18.0 Å². The summed E-state index contributed by atoms with van der Waals surface area (Å²) in [6, 6.07) is 7.83. The van der Waals surface area contributed by atoms with Gasteiger partial charge in [0.15, 0.2) is 0 Å². The van der Waals surface area contributed by atoms with Crippen molar-refractivity contribution in [2.75, 3.05) is 25.0 Å². The summed E-state index contributed by atoms with van der Waals surface area (Å²) in [5, 5.41) is 2.77. The van der Waals surface area contributed by atoms with Gasteiger partial charge in [0.05, 0.1) is 12.2 Å². The molecule has 30 heavy (non-hydrogen) atoms. The van der Waals surface area contributed by atoms with E-state index in [2.05, 4.69) is 15.2 Å². The van der Waals surface area contributed by atoms with Crippen molar-refractivity contribution in [1.82, 2.24) is 9.88 Å². The number of rotatable bonds is 6. The zero-order chi connectivity index (χ0) is 21.1. The lowest BCUT2D eigenvalue weighted by Gasteiger charge is -2.29. The number of nitrogens with one attached hydrogen (secondary N) is 1. The standard InChI is InChI=1S/C22H24F3N3O2/c23-22(24,25)18-6-3-17-14-28(11-9-16(17)13-18)10-1-2-12-30-20-8-5-15-4-7-19(29)26-21(15)27-20/h3,5-6,8,13H,1-2,4,7,9-12,14H2,(H,26,27,29). The second-order valence-electron chi connectivity index (χ2n) is 7.77. The maximum atomic E-state index is 12.9. The highest BCUT2D eigenvalue weighted by Gasteiger charge is 2.31. The van der Waals surface area contributed by atoms with Crippen LogP contribution in [0.2, 0.25) is 0 Å². The van der Waals surface area contributed by atoms with Gasteiger partial charge in [0, 0.05) is 25.6 Å². The van der Waals surface area contributed by atoms with Crippen LogP contribution in [0.1, 0.15) is 41.5 Å². The first kappa shape index (κ1) is 20.7. The third kappa shape index (κ3) is 4.92. The minimum atomic E-state index is -4.29. The van der Waals surface area contributed by atoms with Crippen LogP contribution in [0.3, 0.4) is 0 Å². The van der Waals surface area contributed by atoms with Gasteiger partial charge in [0.2, 0.25) is 11.8 Å². The van der Waals surface area contributed by atoms with Crippen molar-refractivity contribution in [3.63, 3.8) is 0 Å². The number of carbonyl (C=O) groups excluding carboxylic acids is 1. The normalized spacial score (nSPS) is 16.6. The average Bonchev–Trinajstić information content (AvgIpc) is 2.72. The Morgan fingerprint density at radius 2 is 1.87 bits per heavy atom. The minimum Gasteiger partial charge on any atom is -0.478 e. The molecule has 2 aliphatic rings. The Hall–Kier alpha value is -2.61. The number of benzene rings is 1. The molecule has 0 saturated heterocycles. The molecule has 0 spiro atoms. The SMILES string of the molecule is O=C1CCc2ccc(OCCCCN3CCc4cc(C(F)(F)F)ccc4C3)nc2N1. The summed E-state index contributed by atoms with van der Waals surface area (Å²) in [5.74, 6) is 1.07. The third-order valence-corrected chi connectivity index (χ3v) is 5.58. The van der Waals surface area contributed by atoms with E-state index in [1.165, 1.54) is 12.1 Å². The second kappa shape index (κ2) is 8.63. The maximum Gasteiger partial charge on any atom is 0.416 e. The lowest BCUT2D eigenvalue weighted by Crippen LogP contribution is -2.31. The largest absolute Gasteiger partial charge is 0.478 e. The van der Waals surface area contributed by atoms with Gasteiger partial charge in [-0.1, -0.05) is 6.07 Å². The van der Waals surface area contributed by atoms with E-state index < -0.39 is 11.7 Å². The van der Waals surface area contributed by atoms with E-state index >= 15 is 0 Å². The van der Waals surface area contributed by atoms with Crippen molar-refractivity contribution in [2.24, 2.45) is 0 Å². The molecule has 1 N–H and O–H groups in total. The Balaban J connectivity index is 1.21. The molecule has 0 aliphatic carbocycles. The first-order chi connectivity index (χ1) is 14.4. The van der Waals surface area contributed by atoms with E-state index in [1.54, 1.807) is 6.07 Å². The van der Waals surface area contributed by atoms with Crippen molar-refractivity contribution in [3.05, 3.63) is 52.6 Å². The lowest BCUT2D eigenvalue weighted by molar-refractivity contribution is -0.137. The number of nitrogens with zero attached hydrogens (tertiary/aromatic N) is 2. The van der Waals surface area contributed by atoms with Crippen LogP contribution in [0.15, 0.2) is 30.3 Å². The number of aryl methyl sites for hydroxylation is 1. The monoisotopic (exact) mass is 419 g/mol. The summed E-state index contributed by atoms with van der Waals surface area (Å²) in [5.41, 5.74) is 2.23. The predicted octanol–water partition coefficient (Wildman–Crippen LogP) is 4.20. The van der Waals surface area contributed by atoms with Crippen LogP contribution in [0.25, 0.3) is 0 Å². The van der Waals surface area contributed by atoms with Gasteiger partial charge in [-0.3, -0.25) is 9.69 Å². The van der Waals surface area contributed by atoms with Gasteiger partial charge in [-0.05, 0) is 67.1 Å². The van der Waals surface area contributed by atoms with Crippen LogP contribution in [0.4, 0.5) is 19.0 Å². The molecule has 8 heteroatoms. The number of alkyl halides is 3. The van der Waals surface area contributed by atoms with Gasteiger partial charge in [-0.25, -0.2) is 0 Å². The smallest absolute Gasteiger partial charge is 0.416 e. The third-order valence-electron chi connectivity index (χ3n) is 5.58. The number of anilines is 1. The molecule has 5 nitrogen and oxygen atoms in total. The average molecular weight is 419 g/mol. The van der Waals surface area contributed by atoms with Crippen molar-refractivity contribution in [3.8, 4) is 5.88 Å². The molecule has 2 aliphatic heterocycles. The van der Waals surface area contributed by atoms with Gasteiger partial charge in [0.25, 0.3) is 0 Å². The molecule has 0 atom stereocenters. The summed E-state index contributed by atoms with van der Waals surface area (Å²) in [7, 11) is 0. The fourth-order valence-electron chi connectivity index (χ4n) is 3.90. The first-order valence-corrected chi connectivity index (χ1v) is 10.2. The molecular formula is C22H24F3N3O2. The summed E-state index contributed by atoms with van der Waals surface area (Å²) in [4.78, 5) is 18.1. The van der Waals surface area contributed by atoms with Gasteiger partial charge in [-0.2, -0.15) is 18.2 Å². The minimum absolute atomic E-state index is 0.0233. The second-order valence-corrected chi connectivity index (χ2v) is 7.77. The number of hydrogen-bond donors (Lipinski definition) is 1. The quantitative estimate of drug-likeness (QED) is 0.713. The molecule has 0 saturated carbocycles. The van der Waals surface area contributed by atoms with Crippen LogP contribution in [-0.4, -0.2) is 35.5 Å². The van der Waals surface area contributed by atoms with Crippen LogP contribution >= 0.6 is 0 Å². The van der Waals surface area contributed by atoms with E-state index in [0.29, 0.717) is 44.1 Å². The number of unbranched alkanes of at least 4 members (excludes halogenated alkanes) is 1. The lowest BCUT2D eigenvalue weighted by atomic mass is 9.97. The highest BCUT2D eigenvalue weighted by atomic mass is 19.4. The molecule has 0 radical (unpaired) electrons. The van der Waals surface area contributed by atoms with Gasteiger partial charge < -0.3 is 10.1 Å². The number of pyridine rings is 1. The number of fused-ring (bicyclic) bond motifs is 2. The number of hydrogen-bond acceptors (Lipinski definition) is 4. The molecule has 160 valence electrons. The highest BCUT2D eigenvalue weighted by Crippen LogP contribution is 2.32. The van der Waals surface area contributed by atoms with E-state index in [1.807, 2.05) is 12.1 Å². The summed E-state index contributed by atoms with van der Waals surface area (Å²) >= 11 is 0. The van der Waals surface area contributed by atoms with Crippen molar-refractivity contribution < 1.29 is 22.7 Å². The molecule has 3 heterocycles. The number of aromatic nitrogens is 1. The highest BCUT2D eigenvalue weighted by molar-refractivity contribution is 5.92. The van der Waals surface area contributed by atoms with Crippen molar-refractivity contribution >= 4 is 11.7 Å². The molecule has 2 aromatic rings. The maximum absolute atomic E-state index is 12.9. The van der Waals surface area contributed by atoms with Crippen LogP contribution < -0.4 is 10.1 Å². The zero-order valence-electron chi connectivity index (χ0n) is 16.6. The van der Waals surface area contributed by atoms with Gasteiger partial charge in [-0.15, -0.1) is 0 Å². The molecule has 0 fully saturated rings. The van der Waals surface area contributed by atoms with E-state index in [-0.39, 0.29) is 5.91 Å². The topological polar surface area (TPSA) is 54.5 Å². The summed E-state index contributed by atoms with van der Waals surface area (Å²) in [6.45, 7) is 2.85. The Morgan fingerprint density at radius 3 is 2.70 bits per heavy atom. The molecule has 1 amide bonds. The Labute approximate surface area is 173 Å². The number of carbonyl (C=O) groups is 1. The van der Waals surface area contributed by atoms with Crippen LogP contribution in [-0.2, 0) is 30.4 Å². The predicted molar refractivity (Wildman–Crippen MR) is 106 cm³/mol. The molecular weight excluding hydrogens is 395 g/mol. The molecule has 1 aromatic carbocycles. The van der Waals surface area contributed by atoms with Gasteiger partial charge >= 0.3 is 6.18 Å². The first-order valence-electron chi connectivity index (χ1n) is 10.2. The fraction of sp³-hybridized carbons (Fsp3) is 0.455. The van der Waals surface area contributed by atoms with Crippen molar-refractivity contribution in [2.45, 2.75) is 44.8 Å². The number of ether oxygens (including phenoxy) is 1. The van der Waals surface area contributed by atoms with Gasteiger partial charge in [0.1, 0.15) is 5.82 Å². The van der Waals surface area contributed by atoms with Crippen molar-refractivity contribution in [1.29, 1.82) is 0 Å². The summed E-state index contributed by atoms with van der Waals surface area (Å²) < 4.78 is 44.3. The Morgan fingerprint density at radius 1 is 1.03 bits per heavy atom. The molecule has 4 rings (SSSR count). The molecule has 0 bridgehead atoms. The van der Waals surface area contributed by atoms with Crippen LogP contribution in [0.5, 0.6) is 5.88 Å². The number of halogens is 3.